The molecule has 0 saturated carbocycles. The fraction of sp³-hybridized carbons (Fsp3) is 0.533. The van der Waals surface area contributed by atoms with Crippen LogP contribution in [0.4, 0.5) is 5.69 Å². The molecule has 1 aliphatic rings. The first-order valence-corrected chi connectivity index (χ1v) is 7.63. The van der Waals surface area contributed by atoms with Gasteiger partial charge in [0.25, 0.3) is 0 Å². The molecule has 104 valence electrons. The van der Waals surface area contributed by atoms with Crippen molar-refractivity contribution < 1.29 is 0 Å². The molecule has 0 aliphatic carbocycles. The summed E-state index contributed by atoms with van der Waals surface area (Å²) in [5.41, 5.74) is 2.05. The Morgan fingerprint density at radius 3 is 2.58 bits per heavy atom. The molecule has 0 unspecified atom stereocenters. The van der Waals surface area contributed by atoms with Crippen LogP contribution in [0, 0.1) is 6.92 Å². The molecule has 0 aromatic heterocycles. The number of nitrogens with one attached hydrogen (secondary N) is 1. The van der Waals surface area contributed by atoms with Crippen LogP contribution in [0.3, 0.4) is 0 Å². The van der Waals surface area contributed by atoms with Crippen LogP contribution in [0.2, 0.25) is 5.02 Å². The number of thiocarbonyl (C=S) groups is 1. The van der Waals surface area contributed by atoms with Gasteiger partial charge in [-0.2, -0.15) is 0 Å². The molecule has 0 amide bonds. The average Bonchev–Trinajstić information content (AvgIpc) is 2.35. The highest BCUT2D eigenvalue weighted by atomic mass is 35.5. The summed E-state index contributed by atoms with van der Waals surface area (Å²) in [6.07, 6.45) is 3.71. The highest BCUT2D eigenvalue weighted by Crippen LogP contribution is 2.26. The lowest BCUT2D eigenvalue weighted by molar-refractivity contribution is 0.194. The third kappa shape index (κ3) is 3.21. The molecule has 1 N–H and O–H groups in total. The maximum Gasteiger partial charge on any atom is 0.173 e. The third-order valence-electron chi connectivity index (χ3n) is 3.94. The van der Waals surface area contributed by atoms with Crippen molar-refractivity contribution >= 4 is 34.6 Å². The first-order valence-electron chi connectivity index (χ1n) is 6.85. The van der Waals surface area contributed by atoms with Crippen molar-refractivity contribution in [2.75, 3.05) is 5.32 Å². The summed E-state index contributed by atoms with van der Waals surface area (Å²) in [6, 6.07) is 6.87. The SMILES string of the molecule is Cc1c(Cl)cccc1NC(=S)N1[C@@H](C)CCC[C@@H]1C. The molecule has 1 aromatic carbocycles. The Hall–Kier alpha value is -0.800. The Balaban J connectivity index is 2.14. The van der Waals surface area contributed by atoms with Gasteiger partial charge >= 0.3 is 0 Å². The quantitative estimate of drug-likeness (QED) is 0.762. The average molecular weight is 297 g/mol. The van der Waals surface area contributed by atoms with E-state index in [2.05, 4.69) is 24.1 Å². The predicted molar refractivity (Wildman–Crippen MR) is 87.0 cm³/mol. The second-order valence-electron chi connectivity index (χ2n) is 5.38. The molecule has 0 spiro atoms. The number of piperidine rings is 1. The van der Waals surface area contributed by atoms with Crippen molar-refractivity contribution in [3.8, 4) is 0 Å². The zero-order chi connectivity index (χ0) is 14.0. The number of rotatable bonds is 1. The predicted octanol–water partition coefficient (Wildman–Crippen LogP) is 4.61. The molecule has 19 heavy (non-hydrogen) atoms. The normalized spacial score (nSPS) is 23.3. The van der Waals surface area contributed by atoms with Gasteiger partial charge in [-0.15, -0.1) is 0 Å². The van der Waals surface area contributed by atoms with E-state index in [1.54, 1.807) is 0 Å². The molecular formula is C15H21ClN2S. The maximum absolute atomic E-state index is 6.14. The summed E-state index contributed by atoms with van der Waals surface area (Å²) in [4.78, 5) is 2.32. The van der Waals surface area contributed by atoms with E-state index in [4.69, 9.17) is 23.8 Å². The van der Waals surface area contributed by atoms with Gasteiger partial charge in [-0.25, -0.2) is 0 Å². The van der Waals surface area contributed by atoms with Gasteiger partial charge in [-0.05, 0) is 69.9 Å². The first-order chi connectivity index (χ1) is 9.00. The monoisotopic (exact) mass is 296 g/mol. The number of hydrogen-bond acceptors (Lipinski definition) is 1. The minimum absolute atomic E-state index is 0.503. The highest BCUT2D eigenvalue weighted by molar-refractivity contribution is 7.80. The van der Waals surface area contributed by atoms with E-state index in [9.17, 15) is 0 Å². The van der Waals surface area contributed by atoms with Crippen LogP contribution in [-0.4, -0.2) is 22.1 Å². The van der Waals surface area contributed by atoms with Gasteiger partial charge in [-0.3, -0.25) is 0 Å². The van der Waals surface area contributed by atoms with E-state index in [0.717, 1.165) is 21.4 Å². The summed E-state index contributed by atoms with van der Waals surface area (Å²) in [6.45, 7) is 6.50. The summed E-state index contributed by atoms with van der Waals surface area (Å²) in [5, 5.41) is 4.94. The van der Waals surface area contributed by atoms with Gasteiger partial charge in [0.05, 0.1) is 0 Å². The fourth-order valence-electron chi connectivity index (χ4n) is 2.74. The molecule has 1 saturated heterocycles. The molecular weight excluding hydrogens is 276 g/mol. The van der Waals surface area contributed by atoms with Crippen LogP contribution < -0.4 is 5.32 Å². The largest absolute Gasteiger partial charge is 0.344 e. The Labute approximate surface area is 126 Å². The van der Waals surface area contributed by atoms with Gasteiger partial charge in [0.2, 0.25) is 0 Å². The van der Waals surface area contributed by atoms with Gasteiger partial charge in [0.1, 0.15) is 0 Å². The van der Waals surface area contributed by atoms with Crippen molar-refractivity contribution in [2.45, 2.75) is 52.1 Å². The smallest absolute Gasteiger partial charge is 0.173 e. The van der Waals surface area contributed by atoms with Crippen molar-refractivity contribution in [3.63, 3.8) is 0 Å². The summed E-state index contributed by atoms with van der Waals surface area (Å²) >= 11 is 11.7. The number of hydrogen-bond donors (Lipinski definition) is 1. The van der Waals surface area contributed by atoms with Crippen molar-refractivity contribution in [3.05, 3.63) is 28.8 Å². The molecule has 0 radical (unpaired) electrons. The molecule has 2 rings (SSSR count). The van der Waals surface area contributed by atoms with Crippen molar-refractivity contribution in [2.24, 2.45) is 0 Å². The number of anilines is 1. The minimum Gasteiger partial charge on any atom is -0.344 e. The lowest BCUT2D eigenvalue weighted by atomic mass is 9.98. The number of halogens is 1. The van der Waals surface area contributed by atoms with Gasteiger partial charge in [0.15, 0.2) is 5.11 Å². The molecule has 2 nitrogen and oxygen atoms in total. The minimum atomic E-state index is 0.503. The molecule has 0 bridgehead atoms. The summed E-state index contributed by atoms with van der Waals surface area (Å²) < 4.78 is 0. The first kappa shape index (κ1) is 14.6. The van der Waals surface area contributed by atoms with Gasteiger partial charge < -0.3 is 10.2 Å². The van der Waals surface area contributed by atoms with Crippen LogP contribution >= 0.6 is 23.8 Å². The topological polar surface area (TPSA) is 15.3 Å². The molecule has 1 aromatic rings. The molecule has 1 fully saturated rings. The van der Waals surface area contributed by atoms with Crippen LogP contribution in [0.5, 0.6) is 0 Å². The molecule has 1 heterocycles. The van der Waals surface area contributed by atoms with Crippen LogP contribution in [0.1, 0.15) is 38.7 Å². The number of likely N-dealkylation sites (tertiary alicyclic amines) is 1. The lowest BCUT2D eigenvalue weighted by Crippen LogP contribution is -2.49. The Kier molecular flexibility index (Phi) is 4.69. The van der Waals surface area contributed by atoms with Crippen LogP contribution in [0.25, 0.3) is 0 Å². The Morgan fingerprint density at radius 2 is 1.95 bits per heavy atom. The number of benzene rings is 1. The summed E-state index contributed by atoms with van der Waals surface area (Å²) in [7, 11) is 0. The lowest BCUT2D eigenvalue weighted by Gasteiger charge is -2.41. The van der Waals surface area contributed by atoms with E-state index in [1.165, 1.54) is 19.3 Å². The fourth-order valence-corrected chi connectivity index (χ4v) is 3.39. The standard InChI is InChI=1S/C15H21ClN2S/c1-10-6-4-7-11(2)18(10)15(19)17-14-9-5-8-13(16)12(14)3/h5,8-11H,4,6-7H2,1-3H3,(H,17,19)/t10-,11-/m0/s1. The zero-order valence-corrected chi connectivity index (χ0v) is 13.3. The Bertz CT molecular complexity index is 465. The molecule has 1 aliphatic heterocycles. The van der Waals surface area contributed by atoms with Gasteiger partial charge in [0, 0.05) is 22.8 Å². The molecule has 4 heteroatoms. The second kappa shape index (κ2) is 6.10. The molecule has 2 atom stereocenters. The zero-order valence-electron chi connectivity index (χ0n) is 11.7. The van der Waals surface area contributed by atoms with E-state index >= 15 is 0 Å². The second-order valence-corrected chi connectivity index (χ2v) is 6.17. The number of nitrogens with zero attached hydrogens (tertiary/aromatic N) is 1. The van der Waals surface area contributed by atoms with Crippen LogP contribution in [0.15, 0.2) is 18.2 Å². The van der Waals surface area contributed by atoms with E-state index in [0.29, 0.717) is 12.1 Å². The van der Waals surface area contributed by atoms with Crippen molar-refractivity contribution in [1.29, 1.82) is 0 Å². The third-order valence-corrected chi connectivity index (χ3v) is 4.66. The Morgan fingerprint density at radius 1 is 1.32 bits per heavy atom. The van der Waals surface area contributed by atoms with Crippen molar-refractivity contribution in [1.82, 2.24) is 4.90 Å². The van der Waals surface area contributed by atoms with Gasteiger partial charge in [-0.1, -0.05) is 17.7 Å². The summed E-state index contributed by atoms with van der Waals surface area (Å²) in [5.74, 6) is 0. The maximum atomic E-state index is 6.14. The van der Waals surface area contributed by atoms with E-state index in [-0.39, 0.29) is 0 Å². The van der Waals surface area contributed by atoms with Crippen LogP contribution in [-0.2, 0) is 0 Å². The highest BCUT2D eigenvalue weighted by Gasteiger charge is 2.26. The van der Waals surface area contributed by atoms with E-state index in [1.807, 2.05) is 25.1 Å². The van der Waals surface area contributed by atoms with E-state index < -0.39 is 0 Å².